The number of rotatable bonds is 13. The van der Waals surface area contributed by atoms with Gasteiger partial charge in [0.2, 0.25) is 5.91 Å². The van der Waals surface area contributed by atoms with E-state index >= 15 is 0 Å². The van der Waals surface area contributed by atoms with Crippen LogP contribution in [0.5, 0.6) is 5.75 Å². The Hall–Kier alpha value is -3.54. The van der Waals surface area contributed by atoms with Crippen LogP contribution in [0.15, 0.2) is 48.5 Å². The molecule has 0 saturated carbocycles. The minimum Gasteiger partial charge on any atom is -0.494 e. The maximum absolute atomic E-state index is 13.8. The number of likely N-dealkylation sites (N-methyl/N-ethyl adjacent to an activating group) is 1. The molecule has 10 nitrogen and oxygen atoms in total. The fourth-order valence-electron chi connectivity index (χ4n) is 5.06. The zero-order valence-corrected chi connectivity index (χ0v) is 25.5. The number of anilines is 2. The Kier molecular flexibility index (Phi) is 11.3. The van der Waals surface area contributed by atoms with Gasteiger partial charge in [0.1, 0.15) is 11.8 Å². The topological polar surface area (TPSA) is 94.7 Å². The first-order valence-electron chi connectivity index (χ1n) is 14.7. The van der Waals surface area contributed by atoms with Gasteiger partial charge in [0.05, 0.1) is 30.9 Å². The number of thiocarbonyl (C=S) groups is 1. The van der Waals surface area contributed by atoms with Gasteiger partial charge < -0.3 is 29.5 Å². The van der Waals surface area contributed by atoms with Crippen LogP contribution in [0.4, 0.5) is 11.4 Å². The maximum Gasteiger partial charge on any atom is 0.338 e. The Morgan fingerprint density at radius 3 is 2.31 bits per heavy atom. The lowest BCUT2D eigenvalue weighted by molar-refractivity contribution is -0.124. The summed E-state index contributed by atoms with van der Waals surface area (Å²) in [6.45, 7) is 10.2. The Morgan fingerprint density at radius 2 is 1.67 bits per heavy atom. The van der Waals surface area contributed by atoms with Crippen molar-refractivity contribution in [2.24, 2.45) is 0 Å². The van der Waals surface area contributed by atoms with Crippen molar-refractivity contribution in [1.82, 2.24) is 14.7 Å². The van der Waals surface area contributed by atoms with Crippen molar-refractivity contribution in [1.29, 1.82) is 0 Å². The summed E-state index contributed by atoms with van der Waals surface area (Å²) in [4.78, 5) is 47.1. The molecule has 226 valence electrons. The third-order valence-corrected chi connectivity index (χ3v) is 7.83. The summed E-state index contributed by atoms with van der Waals surface area (Å²) in [5.41, 5.74) is 1.57. The fourth-order valence-corrected chi connectivity index (χ4v) is 5.48. The van der Waals surface area contributed by atoms with Gasteiger partial charge in [-0.1, -0.05) is 6.92 Å². The predicted octanol–water partition coefficient (Wildman–Crippen LogP) is 3.62. The van der Waals surface area contributed by atoms with Gasteiger partial charge in [-0.05, 0) is 94.1 Å². The number of hydrogen-bond donors (Lipinski definition) is 1. The number of nitrogens with zero attached hydrogens (tertiary/aromatic N) is 4. The Bertz CT molecular complexity index is 1230. The molecule has 1 N–H and O–H groups in total. The van der Waals surface area contributed by atoms with E-state index in [9.17, 15) is 14.4 Å². The van der Waals surface area contributed by atoms with Crippen molar-refractivity contribution < 1.29 is 23.9 Å². The van der Waals surface area contributed by atoms with Crippen LogP contribution in [0.25, 0.3) is 0 Å². The molecule has 2 heterocycles. The number of esters is 1. The average molecular weight is 596 g/mol. The highest BCUT2D eigenvalue weighted by Gasteiger charge is 2.44. The lowest BCUT2D eigenvalue weighted by Gasteiger charge is -2.33. The number of piperazine rings is 1. The van der Waals surface area contributed by atoms with Crippen molar-refractivity contribution in [2.75, 3.05) is 69.7 Å². The van der Waals surface area contributed by atoms with Crippen LogP contribution < -0.4 is 15.0 Å². The Balaban J connectivity index is 1.46. The van der Waals surface area contributed by atoms with Crippen LogP contribution in [0.3, 0.4) is 0 Å². The van der Waals surface area contributed by atoms with Crippen molar-refractivity contribution in [3.63, 3.8) is 0 Å². The predicted molar refractivity (Wildman–Crippen MR) is 167 cm³/mol. The van der Waals surface area contributed by atoms with E-state index in [2.05, 4.69) is 22.2 Å². The third-order valence-electron chi connectivity index (χ3n) is 7.41. The molecule has 42 heavy (non-hydrogen) atoms. The van der Waals surface area contributed by atoms with Crippen molar-refractivity contribution >= 4 is 46.5 Å². The number of carbonyl (C=O) groups excluding carboxylic acids is 3. The van der Waals surface area contributed by atoms with E-state index in [1.54, 1.807) is 43.3 Å². The lowest BCUT2D eigenvalue weighted by Crippen LogP contribution is -2.45. The molecule has 11 heteroatoms. The van der Waals surface area contributed by atoms with Crippen molar-refractivity contribution in [3.8, 4) is 5.75 Å². The van der Waals surface area contributed by atoms with Gasteiger partial charge in [-0.25, -0.2) is 4.79 Å². The fraction of sp³-hybridized carbons (Fsp3) is 0.484. The molecule has 2 aromatic rings. The summed E-state index contributed by atoms with van der Waals surface area (Å²) in [5, 5.41) is 3.27. The molecule has 2 fully saturated rings. The average Bonchev–Trinajstić information content (AvgIpc) is 3.21. The summed E-state index contributed by atoms with van der Waals surface area (Å²) in [7, 11) is 2.13. The van der Waals surface area contributed by atoms with Crippen LogP contribution in [0.2, 0.25) is 0 Å². The standard InChI is InChI=1S/C31H41N5O5S/c1-4-21-41-26-13-9-24(10-14-26)32-28(37)22-27-29(38)36(25-11-7-23(8-12-25)30(39)40-5-2)31(42)35(27)16-6-15-34-19-17-33(3)18-20-34/h7-14,27H,4-6,15-22H2,1-3H3,(H,32,37). The SMILES string of the molecule is CCCOc1ccc(NC(=O)CC2C(=O)N(c3ccc(C(=O)OCC)cc3)C(=S)N2CCCN2CCN(C)CC2)cc1. The molecule has 1 unspecified atom stereocenters. The molecule has 0 aliphatic carbocycles. The number of hydrogen-bond acceptors (Lipinski definition) is 8. The highest BCUT2D eigenvalue weighted by molar-refractivity contribution is 7.80. The van der Waals surface area contributed by atoms with Crippen molar-refractivity contribution in [3.05, 3.63) is 54.1 Å². The molecular formula is C31H41N5O5S. The second-order valence-electron chi connectivity index (χ2n) is 10.6. The van der Waals surface area contributed by atoms with E-state index < -0.39 is 12.0 Å². The normalized spacial score (nSPS) is 17.9. The molecule has 2 aliphatic rings. The van der Waals surface area contributed by atoms with Crippen LogP contribution in [0, 0.1) is 0 Å². The maximum atomic E-state index is 13.8. The summed E-state index contributed by atoms with van der Waals surface area (Å²) in [5.74, 6) is -0.226. The molecule has 2 amide bonds. The number of amides is 2. The lowest BCUT2D eigenvalue weighted by atomic mass is 10.1. The molecule has 2 aliphatic heterocycles. The van der Waals surface area contributed by atoms with Gasteiger partial charge in [0.15, 0.2) is 5.11 Å². The smallest absolute Gasteiger partial charge is 0.338 e. The van der Waals surface area contributed by atoms with Crippen LogP contribution in [-0.4, -0.2) is 103 Å². The molecule has 0 bridgehead atoms. The van der Waals surface area contributed by atoms with E-state index in [0.29, 0.717) is 35.2 Å². The van der Waals surface area contributed by atoms with Crippen molar-refractivity contribution in [2.45, 2.75) is 39.2 Å². The largest absolute Gasteiger partial charge is 0.494 e. The number of ether oxygens (including phenoxy) is 2. The molecule has 0 radical (unpaired) electrons. The van der Waals surface area contributed by atoms with Crippen LogP contribution in [0.1, 0.15) is 43.5 Å². The third kappa shape index (κ3) is 8.05. The zero-order valence-electron chi connectivity index (χ0n) is 24.7. The minimum absolute atomic E-state index is 0.0427. The van der Waals surface area contributed by atoms with Gasteiger partial charge in [-0.2, -0.15) is 0 Å². The molecular weight excluding hydrogens is 554 g/mol. The molecule has 0 aromatic heterocycles. The van der Waals surface area contributed by atoms with E-state index in [-0.39, 0.29) is 24.8 Å². The van der Waals surface area contributed by atoms with Gasteiger partial charge >= 0.3 is 5.97 Å². The Labute approximate surface area is 253 Å². The molecule has 1 atom stereocenters. The first kappa shape index (κ1) is 31.4. The second-order valence-corrected chi connectivity index (χ2v) is 10.9. The quantitative estimate of drug-likeness (QED) is 0.275. The second kappa shape index (κ2) is 15.1. The number of carbonyl (C=O) groups is 3. The summed E-state index contributed by atoms with van der Waals surface area (Å²) >= 11 is 5.81. The number of nitrogens with one attached hydrogen (secondary N) is 1. The van der Waals surface area contributed by atoms with Crippen LogP contribution >= 0.6 is 12.2 Å². The van der Waals surface area contributed by atoms with E-state index in [0.717, 1.165) is 51.3 Å². The van der Waals surface area contributed by atoms with E-state index in [1.807, 2.05) is 24.0 Å². The van der Waals surface area contributed by atoms with E-state index in [1.165, 1.54) is 4.90 Å². The molecule has 0 spiro atoms. The minimum atomic E-state index is -0.734. The van der Waals surface area contributed by atoms with Gasteiger partial charge in [0.25, 0.3) is 5.91 Å². The monoisotopic (exact) mass is 595 g/mol. The van der Waals surface area contributed by atoms with Gasteiger partial charge in [-0.3, -0.25) is 14.5 Å². The summed E-state index contributed by atoms with van der Waals surface area (Å²) in [6, 6.07) is 13.1. The highest BCUT2D eigenvalue weighted by Crippen LogP contribution is 2.28. The Morgan fingerprint density at radius 1 is 0.976 bits per heavy atom. The molecule has 2 aromatic carbocycles. The van der Waals surface area contributed by atoms with E-state index in [4.69, 9.17) is 21.7 Å². The van der Waals surface area contributed by atoms with Crippen LogP contribution in [-0.2, 0) is 14.3 Å². The number of benzene rings is 2. The summed E-state index contributed by atoms with van der Waals surface area (Å²) in [6.07, 6.45) is 1.68. The zero-order chi connectivity index (χ0) is 30.1. The highest BCUT2D eigenvalue weighted by atomic mass is 32.1. The first-order valence-corrected chi connectivity index (χ1v) is 15.1. The molecule has 4 rings (SSSR count). The van der Waals surface area contributed by atoms with Gasteiger partial charge in [0, 0.05) is 38.4 Å². The first-order chi connectivity index (χ1) is 20.3. The van der Waals surface area contributed by atoms with Gasteiger partial charge in [-0.15, -0.1) is 0 Å². The summed E-state index contributed by atoms with van der Waals surface area (Å²) < 4.78 is 10.7. The molecule has 2 saturated heterocycles.